The number of carbonyl (C=O) groups excluding carboxylic acids is 1. The van der Waals surface area contributed by atoms with Crippen LogP contribution in [0.4, 0.5) is 0 Å². The van der Waals surface area contributed by atoms with Gasteiger partial charge in [0.15, 0.2) is 0 Å². The van der Waals surface area contributed by atoms with Crippen molar-refractivity contribution in [2.75, 3.05) is 13.1 Å². The number of piperidine rings is 1. The van der Waals surface area contributed by atoms with Crippen LogP contribution in [0.1, 0.15) is 71.1 Å². The molecule has 3 heteroatoms. The van der Waals surface area contributed by atoms with Gasteiger partial charge in [0.2, 0.25) is 5.91 Å². The maximum atomic E-state index is 12.8. The van der Waals surface area contributed by atoms with E-state index in [9.17, 15) is 4.79 Å². The van der Waals surface area contributed by atoms with Crippen molar-refractivity contribution in [2.45, 2.75) is 77.2 Å². The van der Waals surface area contributed by atoms with E-state index in [2.05, 4.69) is 11.8 Å². The maximum absolute atomic E-state index is 12.8. The first-order valence-corrected chi connectivity index (χ1v) is 9.14. The Kier molecular flexibility index (Phi) is 4.58. The lowest BCUT2D eigenvalue weighted by Crippen LogP contribution is -2.48. The molecule has 2 N–H and O–H groups in total. The average Bonchev–Trinajstić information content (AvgIpc) is 2.48. The van der Waals surface area contributed by atoms with E-state index in [1.54, 1.807) is 0 Å². The van der Waals surface area contributed by atoms with Gasteiger partial charge in [0.25, 0.3) is 0 Å². The summed E-state index contributed by atoms with van der Waals surface area (Å²) >= 11 is 0. The first-order valence-electron chi connectivity index (χ1n) is 9.14. The molecule has 0 aromatic heterocycles. The quantitative estimate of drug-likeness (QED) is 0.806. The second-order valence-electron chi connectivity index (χ2n) is 8.04. The van der Waals surface area contributed by atoms with E-state index >= 15 is 0 Å². The van der Waals surface area contributed by atoms with Crippen LogP contribution in [-0.2, 0) is 4.79 Å². The Morgan fingerprint density at radius 1 is 1.05 bits per heavy atom. The van der Waals surface area contributed by atoms with Crippen LogP contribution in [0, 0.1) is 17.3 Å². The van der Waals surface area contributed by atoms with Gasteiger partial charge in [0.1, 0.15) is 0 Å². The third-order valence-electron chi connectivity index (χ3n) is 6.58. The lowest BCUT2D eigenvalue weighted by molar-refractivity contribution is -0.141. The highest BCUT2D eigenvalue weighted by Crippen LogP contribution is 2.45. The zero-order chi connectivity index (χ0) is 14.9. The molecule has 3 unspecified atom stereocenters. The lowest BCUT2D eigenvalue weighted by Gasteiger charge is -2.45. The van der Waals surface area contributed by atoms with Crippen molar-refractivity contribution in [2.24, 2.45) is 23.0 Å². The van der Waals surface area contributed by atoms with Crippen molar-refractivity contribution >= 4 is 5.91 Å². The second kappa shape index (κ2) is 6.28. The highest BCUT2D eigenvalue weighted by molar-refractivity contribution is 5.79. The summed E-state index contributed by atoms with van der Waals surface area (Å²) in [6, 6.07) is 0.316. The summed E-state index contributed by atoms with van der Waals surface area (Å²) in [5.74, 6) is 1.14. The summed E-state index contributed by atoms with van der Waals surface area (Å²) in [7, 11) is 0. The predicted octanol–water partition coefficient (Wildman–Crippen LogP) is 3.32. The fourth-order valence-corrected chi connectivity index (χ4v) is 5.04. The number of nitrogens with zero attached hydrogens (tertiary/aromatic N) is 1. The third-order valence-corrected chi connectivity index (χ3v) is 6.58. The van der Waals surface area contributed by atoms with E-state index in [1.165, 1.54) is 44.9 Å². The molecular weight excluding hydrogens is 260 g/mol. The van der Waals surface area contributed by atoms with Gasteiger partial charge in [-0.05, 0) is 56.3 Å². The van der Waals surface area contributed by atoms with E-state index in [1.807, 2.05) is 0 Å². The molecule has 1 saturated heterocycles. The average molecular weight is 292 g/mol. The molecule has 120 valence electrons. The van der Waals surface area contributed by atoms with Crippen LogP contribution in [0.2, 0.25) is 0 Å². The van der Waals surface area contributed by atoms with Crippen LogP contribution in [0.3, 0.4) is 0 Å². The Bertz CT molecular complexity index is 365. The first-order chi connectivity index (χ1) is 10.1. The number of amides is 1. The largest absolute Gasteiger partial charge is 0.342 e. The number of nitrogens with two attached hydrogens (primary N) is 1. The second-order valence-corrected chi connectivity index (χ2v) is 8.04. The monoisotopic (exact) mass is 292 g/mol. The van der Waals surface area contributed by atoms with Gasteiger partial charge in [-0.3, -0.25) is 4.79 Å². The van der Waals surface area contributed by atoms with Gasteiger partial charge < -0.3 is 10.6 Å². The minimum Gasteiger partial charge on any atom is -0.342 e. The fourth-order valence-electron chi connectivity index (χ4n) is 5.04. The van der Waals surface area contributed by atoms with Crippen LogP contribution >= 0.6 is 0 Å². The SMILES string of the molecule is CC1CC(N)CCC1C(=O)N1CCC2(CCCCC2)CC1. The van der Waals surface area contributed by atoms with Crippen molar-refractivity contribution in [3.63, 3.8) is 0 Å². The molecule has 3 aliphatic rings. The number of rotatable bonds is 1. The normalized spacial score (nSPS) is 36.7. The van der Waals surface area contributed by atoms with Gasteiger partial charge in [-0.1, -0.05) is 26.2 Å². The van der Waals surface area contributed by atoms with E-state index in [4.69, 9.17) is 5.73 Å². The first kappa shape index (κ1) is 15.3. The summed E-state index contributed by atoms with van der Waals surface area (Å²) in [6.07, 6.45) is 12.6. The predicted molar refractivity (Wildman–Crippen MR) is 85.8 cm³/mol. The summed E-state index contributed by atoms with van der Waals surface area (Å²) in [6.45, 7) is 4.23. The summed E-state index contributed by atoms with van der Waals surface area (Å²) in [5, 5.41) is 0. The highest BCUT2D eigenvalue weighted by atomic mass is 16.2. The third kappa shape index (κ3) is 3.28. The molecular formula is C18H32N2O. The molecule has 0 radical (unpaired) electrons. The van der Waals surface area contributed by atoms with Gasteiger partial charge in [-0.15, -0.1) is 0 Å². The molecule has 0 aromatic rings. The number of carbonyl (C=O) groups is 1. The maximum Gasteiger partial charge on any atom is 0.225 e. The molecule has 3 nitrogen and oxygen atoms in total. The van der Waals surface area contributed by atoms with Crippen LogP contribution in [0.25, 0.3) is 0 Å². The molecule has 0 bridgehead atoms. The van der Waals surface area contributed by atoms with E-state index in [0.717, 1.165) is 32.4 Å². The highest BCUT2D eigenvalue weighted by Gasteiger charge is 2.39. The van der Waals surface area contributed by atoms with Crippen LogP contribution < -0.4 is 5.73 Å². The Morgan fingerprint density at radius 2 is 1.71 bits per heavy atom. The minimum atomic E-state index is 0.241. The molecule has 1 spiro atoms. The molecule has 3 fully saturated rings. The summed E-state index contributed by atoms with van der Waals surface area (Å²) < 4.78 is 0. The minimum absolute atomic E-state index is 0.241. The fraction of sp³-hybridized carbons (Fsp3) is 0.944. The van der Waals surface area contributed by atoms with Gasteiger partial charge in [0.05, 0.1) is 0 Å². The Morgan fingerprint density at radius 3 is 2.33 bits per heavy atom. The lowest BCUT2D eigenvalue weighted by atomic mass is 9.68. The summed E-state index contributed by atoms with van der Waals surface area (Å²) in [4.78, 5) is 15.0. The zero-order valence-corrected chi connectivity index (χ0v) is 13.7. The zero-order valence-electron chi connectivity index (χ0n) is 13.7. The molecule has 0 aromatic carbocycles. The molecule has 3 atom stereocenters. The van der Waals surface area contributed by atoms with Crippen molar-refractivity contribution in [1.29, 1.82) is 0 Å². The van der Waals surface area contributed by atoms with E-state index in [0.29, 0.717) is 23.3 Å². The van der Waals surface area contributed by atoms with E-state index < -0.39 is 0 Å². The topological polar surface area (TPSA) is 46.3 Å². The summed E-state index contributed by atoms with van der Waals surface area (Å²) in [5.41, 5.74) is 6.63. The van der Waals surface area contributed by atoms with Gasteiger partial charge in [0, 0.05) is 25.0 Å². The van der Waals surface area contributed by atoms with Crippen molar-refractivity contribution < 1.29 is 4.79 Å². The number of hydrogen-bond donors (Lipinski definition) is 1. The molecule has 1 aliphatic heterocycles. The molecule has 2 saturated carbocycles. The smallest absolute Gasteiger partial charge is 0.225 e. The molecule has 2 aliphatic carbocycles. The van der Waals surface area contributed by atoms with Crippen LogP contribution in [0.5, 0.6) is 0 Å². The Balaban J connectivity index is 1.55. The van der Waals surface area contributed by atoms with Gasteiger partial charge in [-0.25, -0.2) is 0 Å². The molecule has 1 heterocycles. The van der Waals surface area contributed by atoms with Gasteiger partial charge >= 0.3 is 0 Å². The molecule has 21 heavy (non-hydrogen) atoms. The van der Waals surface area contributed by atoms with Crippen LogP contribution in [0.15, 0.2) is 0 Å². The van der Waals surface area contributed by atoms with E-state index in [-0.39, 0.29) is 5.92 Å². The van der Waals surface area contributed by atoms with Crippen molar-refractivity contribution in [3.05, 3.63) is 0 Å². The van der Waals surface area contributed by atoms with Crippen LogP contribution in [-0.4, -0.2) is 29.9 Å². The van der Waals surface area contributed by atoms with Gasteiger partial charge in [-0.2, -0.15) is 0 Å². The van der Waals surface area contributed by atoms with Crippen molar-refractivity contribution in [1.82, 2.24) is 4.90 Å². The van der Waals surface area contributed by atoms with Crippen molar-refractivity contribution in [3.8, 4) is 0 Å². The standard InChI is InChI=1S/C18H32N2O/c1-14-13-15(19)5-6-16(14)17(21)20-11-9-18(10-12-20)7-3-2-4-8-18/h14-16H,2-13,19H2,1H3. The molecule has 3 rings (SSSR count). The molecule has 1 amide bonds. The number of hydrogen-bond acceptors (Lipinski definition) is 2. The number of likely N-dealkylation sites (tertiary alicyclic amines) is 1. The Hall–Kier alpha value is -0.570. The Labute approximate surface area is 129 Å².